The normalized spacial score (nSPS) is 12.9. The lowest BCUT2D eigenvalue weighted by atomic mass is 9.87. The Labute approximate surface area is 137 Å². The number of rotatable bonds is 7. The Morgan fingerprint density at radius 2 is 2.00 bits per heavy atom. The van der Waals surface area contributed by atoms with Gasteiger partial charge in [-0.3, -0.25) is 0 Å². The third-order valence-corrected chi connectivity index (χ3v) is 3.13. The first-order chi connectivity index (χ1) is 10.6. The third-order valence-electron chi connectivity index (χ3n) is 3.13. The lowest BCUT2D eigenvalue weighted by molar-refractivity contribution is 0.129. The number of hydrogen-bond donors (Lipinski definition) is 3. The number of carbonyl (C=O) groups is 1. The maximum Gasteiger partial charge on any atom is 0.319 e. The maximum atomic E-state index is 13.4. The van der Waals surface area contributed by atoms with Gasteiger partial charge in [0.25, 0.3) is 0 Å². The van der Waals surface area contributed by atoms with Crippen molar-refractivity contribution in [1.82, 2.24) is 5.32 Å². The standard InChI is InChI=1S/C17H27FN2O3/c1-11(2)23-15-7-6-13(18)8-14(15)20-16(22)19-10-17(4,5)9-12(3)21/h6-8,11-12,21H,9-10H2,1-5H3,(H2,19,20,22). The van der Waals surface area contributed by atoms with Crippen LogP contribution in [0.1, 0.15) is 41.0 Å². The minimum Gasteiger partial charge on any atom is -0.489 e. The van der Waals surface area contributed by atoms with E-state index in [4.69, 9.17) is 4.74 Å². The predicted molar refractivity (Wildman–Crippen MR) is 89.3 cm³/mol. The summed E-state index contributed by atoms with van der Waals surface area (Å²) in [6, 6.07) is 3.55. The number of nitrogens with one attached hydrogen (secondary N) is 2. The number of halogens is 1. The van der Waals surface area contributed by atoms with E-state index in [0.29, 0.717) is 18.7 Å². The van der Waals surface area contributed by atoms with Crippen LogP contribution in [-0.2, 0) is 0 Å². The van der Waals surface area contributed by atoms with Crippen LogP contribution in [0.25, 0.3) is 0 Å². The Bertz CT molecular complexity index is 531. The van der Waals surface area contributed by atoms with Gasteiger partial charge in [-0.15, -0.1) is 0 Å². The molecule has 0 saturated heterocycles. The number of ether oxygens (including phenoxy) is 1. The first kappa shape index (κ1) is 19.2. The van der Waals surface area contributed by atoms with E-state index >= 15 is 0 Å². The summed E-state index contributed by atoms with van der Waals surface area (Å²) in [5.74, 6) is -0.0365. The van der Waals surface area contributed by atoms with Gasteiger partial charge in [0.2, 0.25) is 0 Å². The monoisotopic (exact) mass is 326 g/mol. The Morgan fingerprint density at radius 1 is 1.35 bits per heavy atom. The molecule has 0 bridgehead atoms. The van der Waals surface area contributed by atoms with Crippen LogP contribution in [0.3, 0.4) is 0 Å². The molecule has 0 saturated carbocycles. The van der Waals surface area contributed by atoms with Crippen molar-refractivity contribution in [3.63, 3.8) is 0 Å². The maximum absolute atomic E-state index is 13.4. The first-order valence-electron chi connectivity index (χ1n) is 7.78. The molecule has 0 spiro atoms. The summed E-state index contributed by atoms with van der Waals surface area (Å²) in [5, 5.41) is 14.8. The van der Waals surface area contributed by atoms with E-state index in [1.807, 2.05) is 27.7 Å². The Hall–Kier alpha value is -1.82. The van der Waals surface area contributed by atoms with Crippen molar-refractivity contribution in [3.05, 3.63) is 24.0 Å². The summed E-state index contributed by atoms with van der Waals surface area (Å²) in [6.45, 7) is 9.71. The summed E-state index contributed by atoms with van der Waals surface area (Å²) >= 11 is 0. The van der Waals surface area contributed by atoms with Gasteiger partial charge in [0.1, 0.15) is 11.6 Å². The highest BCUT2D eigenvalue weighted by Gasteiger charge is 2.21. The molecule has 0 radical (unpaired) electrons. The van der Waals surface area contributed by atoms with Gasteiger partial charge >= 0.3 is 6.03 Å². The molecule has 5 nitrogen and oxygen atoms in total. The van der Waals surface area contributed by atoms with E-state index in [-0.39, 0.29) is 17.2 Å². The van der Waals surface area contributed by atoms with Crippen molar-refractivity contribution in [2.45, 2.75) is 53.2 Å². The topological polar surface area (TPSA) is 70.6 Å². The molecule has 3 N–H and O–H groups in total. The van der Waals surface area contributed by atoms with E-state index in [2.05, 4.69) is 10.6 Å². The molecule has 6 heteroatoms. The number of anilines is 1. The van der Waals surface area contributed by atoms with Crippen LogP contribution in [0.5, 0.6) is 5.75 Å². The van der Waals surface area contributed by atoms with Crippen molar-refractivity contribution in [3.8, 4) is 5.75 Å². The molecule has 0 aliphatic rings. The van der Waals surface area contributed by atoms with Crippen LogP contribution in [0, 0.1) is 11.2 Å². The van der Waals surface area contributed by atoms with Gasteiger partial charge in [-0.25, -0.2) is 9.18 Å². The minimum atomic E-state index is -0.453. The van der Waals surface area contributed by atoms with Gasteiger partial charge in [-0.05, 0) is 44.7 Å². The van der Waals surface area contributed by atoms with Crippen molar-refractivity contribution in [1.29, 1.82) is 0 Å². The average Bonchev–Trinajstić information content (AvgIpc) is 2.38. The number of amides is 2. The Balaban J connectivity index is 2.68. The van der Waals surface area contributed by atoms with Crippen LogP contribution in [-0.4, -0.2) is 29.9 Å². The quantitative estimate of drug-likeness (QED) is 0.718. The highest BCUT2D eigenvalue weighted by atomic mass is 19.1. The van der Waals surface area contributed by atoms with Crippen molar-refractivity contribution in [2.75, 3.05) is 11.9 Å². The van der Waals surface area contributed by atoms with Crippen LogP contribution < -0.4 is 15.4 Å². The summed E-state index contributed by atoms with van der Waals surface area (Å²) in [7, 11) is 0. The van der Waals surface area contributed by atoms with Gasteiger partial charge in [0.05, 0.1) is 17.9 Å². The fourth-order valence-corrected chi connectivity index (χ4v) is 2.31. The molecule has 0 aromatic heterocycles. The second-order valence-electron chi connectivity index (χ2n) is 6.83. The van der Waals surface area contributed by atoms with E-state index < -0.39 is 18.0 Å². The number of aliphatic hydroxyl groups excluding tert-OH is 1. The number of benzene rings is 1. The molecule has 1 atom stereocenters. The zero-order valence-corrected chi connectivity index (χ0v) is 14.4. The highest BCUT2D eigenvalue weighted by molar-refractivity contribution is 5.90. The number of aliphatic hydroxyl groups is 1. The van der Waals surface area contributed by atoms with E-state index in [1.165, 1.54) is 18.2 Å². The van der Waals surface area contributed by atoms with Crippen molar-refractivity contribution >= 4 is 11.7 Å². The second-order valence-corrected chi connectivity index (χ2v) is 6.83. The summed E-state index contributed by atoms with van der Waals surface area (Å²) in [6.07, 6.45) is 0.0350. The fourth-order valence-electron chi connectivity index (χ4n) is 2.31. The molecule has 130 valence electrons. The first-order valence-corrected chi connectivity index (χ1v) is 7.78. The molecular weight excluding hydrogens is 299 g/mol. The smallest absolute Gasteiger partial charge is 0.319 e. The van der Waals surface area contributed by atoms with Gasteiger partial charge in [0, 0.05) is 12.6 Å². The predicted octanol–water partition coefficient (Wildman–Crippen LogP) is 3.53. The van der Waals surface area contributed by atoms with Crippen LogP contribution >= 0.6 is 0 Å². The average molecular weight is 326 g/mol. The molecule has 23 heavy (non-hydrogen) atoms. The lowest BCUT2D eigenvalue weighted by Gasteiger charge is -2.26. The van der Waals surface area contributed by atoms with Gasteiger partial charge in [-0.1, -0.05) is 13.8 Å². The second kappa shape index (κ2) is 8.15. The van der Waals surface area contributed by atoms with Crippen LogP contribution in [0.4, 0.5) is 14.9 Å². The summed E-state index contributed by atoms with van der Waals surface area (Å²) < 4.78 is 19.0. The highest BCUT2D eigenvalue weighted by Crippen LogP contribution is 2.26. The molecule has 1 rings (SSSR count). The largest absolute Gasteiger partial charge is 0.489 e. The third kappa shape index (κ3) is 7.32. The van der Waals surface area contributed by atoms with Crippen LogP contribution in [0.15, 0.2) is 18.2 Å². The molecule has 0 aliphatic carbocycles. The zero-order chi connectivity index (χ0) is 17.6. The molecule has 1 aromatic carbocycles. The SMILES string of the molecule is CC(O)CC(C)(C)CNC(=O)Nc1cc(F)ccc1OC(C)C. The molecule has 1 unspecified atom stereocenters. The summed E-state index contributed by atoms with van der Waals surface area (Å²) in [4.78, 5) is 12.0. The minimum absolute atomic E-state index is 0.0888. The number of hydrogen-bond acceptors (Lipinski definition) is 3. The summed E-state index contributed by atoms with van der Waals surface area (Å²) in [5.41, 5.74) is 0.0366. The van der Waals surface area contributed by atoms with E-state index in [9.17, 15) is 14.3 Å². The van der Waals surface area contributed by atoms with E-state index in [0.717, 1.165) is 0 Å². The number of carbonyl (C=O) groups excluding carboxylic acids is 1. The Morgan fingerprint density at radius 3 is 2.57 bits per heavy atom. The van der Waals surface area contributed by atoms with Gasteiger partial charge in [-0.2, -0.15) is 0 Å². The molecular formula is C17H27FN2O3. The molecule has 0 heterocycles. The van der Waals surface area contributed by atoms with Crippen molar-refractivity contribution < 1.29 is 19.0 Å². The Kier molecular flexibility index (Phi) is 6.81. The lowest BCUT2D eigenvalue weighted by Crippen LogP contribution is -2.38. The molecule has 2 amide bonds. The van der Waals surface area contributed by atoms with Gasteiger partial charge in [0.15, 0.2) is 0 Å². The molecule has 0 fully saturated rings. The fraction of sp³-hybridized carbons (Fsp3) is 0.588. The number of urea groups is 1. The molecule has 0 aliphatic heterocycles. The van der Waals surface area contributed by atoms with Crippen molar-refractivity contribution in [2.24, 2.45) is 5.41 Å². The van der Waals surface area contributed by atoms with E-state index in [1.54, 1.807) is 6.92 Å². The zero-order valence-electron chi connectivity index (χ0n) is 14.4. The van der Waals surface area contributed by atoms with Gasteiger partial charge < -0.3 is 20.5 Å². The van der Waals surface area contributed by atoms with Crippen LogP contribution in [0.2, 0.25) is 0 Å². The molecule has 1 aromatic rings.